The summed E-state index contributed by atoms with van der Waals surface area (Å²) in [5, 5.41) is 10.2. The highest BCUT2D eigenvalue weighted by Gasteiger charge is 2.03. The highest BCUT2D eigenvalue weighted by atomic mass is 35.5. The largest absolute Gasteiger partial charge is 0.502 e. The molecular formula is C11H9ClN2O2S. The van der Waals surface area contributed by atoms with Gasteiger partial charge in [0.25, 0.3) is 5.56 Å². The molecule has 0 atom stereocenters. The van der Waals surface area contributed by atoms with Gasteiger partial charge in [-0.1, -0.05) is 41.6 Å². The van der Waals surface area contributed by atoms with Gasteiger partial charge in [0, 0.05) is 10.8 Å². The SMILES string of the molecule is O=c1[nH]c(SCc2ccccc2Cl)ncc1O. The topological polar surface area (TPSA) is 66.0 Å². The number of nitrogens with one attached hydrogen (secondary N) is 1. The van der Waals surface area contributed by atoms with Crippen molar-refractivity contribution in [3.8, 4) is 5.75 Å². The smallest absolute Gasteiger partial charge is 0.293 e. The van der Waals surface area contributed by atoms with Crippen LogP contribution in [0.25, 0.3) is 0 Å². The summed E-state index contributed by atoms with van der Waals surface area (Å²) in [6, 6.07) is 7.48. The van der Waals surface area contributed by atoms with Gasteiger partial charge in [0.2, 0.25) is 0 Å². The summed E-state index contributed by atoms with van der Waals surface area (Å²) in [7, 11) is 0. The number of hydrogen-bond donors (Lipinski definition) is 2. The van der Waals surface area contributed by atoms with Gasteiger partial charge >= 0.3 is 0 Å². The van der Waals surface area contributed by atoms with E-state index in [-0.39, 0.29) is 5.75 Å². The Hall–Kier alpha value is -1.46. The lowest BCUT2D eigenvalue weighted by Crippen LogP contribution is -2.06. The summed E-state index contributed by atoms with van der Waals surface area (Å²) < 4.78 is 0. The van der Waals surface area contributed by atoms with Crippen LogP contribution in [0.2, 0.25) is 5.02 Å². The van der Waals surface area contributed by atoms with Crippen molar-refractivity contribution in [2.75, 3.05) is 0 Å². The van der Waals surface area contributed by atoms with Crippen LogP contribution in [0.3, 0.4) is 0 Å². The van der Waals surface area contributed by atoms with Gasteiger partial charge in [-0.15, -0.1) is 0 Å². The van der Waals surface area contributed by atoms with Crippen LogP contribution in [-0.4, -0.2) is 15.1 Å². The number of nitrogens with zero attached hydrogens (tertiary/aromatic N) is 1. The van der Waals surface area contributed by atoms with E-state index in [9.17, 15) is 4.79 Å². The van der Waals surface area contributed by atoms with Crippen LogP contribution in [-0.2, 0) is 5.75 Å². The Morgan fingerprint density at radius 1 is 1.41 bits per heavy atom. The van der Waals surface area contributed by atoms with Crippen LogP contribution >= 0.6 is 23.4 Å². The van der Waals surface area contributed by atoms with Gasteiger partial charge in [-0.2, -0.15) is 0 Å². The molecule has 2 aromatic rings. The molecule has 6 heteroatoms. The van der Waals surface area contributed by atoms with E-state index in [1.807, 2.05) is 24.3 Å². The molecule has 0 amide bonds. The van der Waals surface area contributed by atoms with Crippen molar-refractivity contribution in [3.63, 3.8) is 0 Å². The molecule has 0 aliphatic rings. The van der Waals surface area contributed by atoms with Gasteiger partial charge in [-0.05, 0) is 11.6 Å². The van der Waals surface area contributed by atoms with Gasteiger partial charge in [0.15, 0.2) is 10.9 Å². The van der Waals surface area contributed by atoms with Crippen molar-refractivity contribution in [1.82, 2.24) is 9.97 Å². The number of rotatable bonds is 3. The maximum Gasteiger partial charge on any atom is 0.293 e. The van der Waals surface area contributed by atoms with Crippen molar-refractivity contribution in [1.29, 1.82) is 0 Å². The Labute approximate surface area is 107 Å². The quantitative estimate of drug-likeness (QED) is 0.663. The van der Waals surface area contributed by atoms with Crippen molar-refractivity contribution >= 4 is 23.4 Å². The molecule has 4 nitrogen and oxygen atoms in total. The molecule has 1 heterocycles. The van der Waals surface area contributed by atoms with Crippen molar-refractivity contribution in [2.24, 2.45) is 0 Å². The molecular weight excluding hydrogens is 260 g/mol. The summed E-state index contributed by atoms with van der Waals surface area (Å²) in [4.78, 5) is 17.5. The van der Waals surface area contributed by atoms with E-state index in [1.165, 1.54) is 11.8 Å². The Kier molecular flexibility index (Phi) is 3.71. The predicted molar refractivity (Wildman–Crippen MR) is 67.5 cm³/mol. The maximum absolute atomic E-state index is 11.1. The van der Waals surface area contributed by atoms with E-state index in [1.54, 1.807) is 0 Å². The third-order valence-corrected chi connectivity index (χ3v) is 3.38. The fourth-order valence-corrected chi connectivity index (χ4v) is 2.32. The summed E-state index contributed by atoms with van der Waals surface area (Å²) >= 11 is 7.35. The fraction of sp³-hybridized carbons (Fsp3) is 0.0909. The van der Waals surface area contributed by atoms with Gasteiger partial charge in [0.05, 0.1) is 6.20 Å². The minimum absolute atomic E-state index is 0.382. The number of aromatic hydroxyl groups is 1. The normalized spacial score (nSPS) is 10.4. The molecule has 1 aromatic carbocycles. The van der Waals surface area contributed by atoms with Crippen molar-refractivity contribution in [2.45, 2.75) is 10.9 Å². The van der Waals surface area contributed by atoms with Crippen LogP contribution < -0.4 is 5.56 Å². The summed E-state index contributed by atoms with van der Waals surface area (Å²) in [6.07, 6.45) is 1.13. The number of benzene rings is 1. The lowest BCUT2D eigenvalue weighted by molar-refractivity contribution is 0.460. The highest BCUT2D eigenvalue weighted by Crippen LogP contribution is 2.23. The molecule has 0 fully saturated rings. The Balaban J connectivity index is 2.10. The van der Waals surface area contributed by atoms with Gasteiger partial charge in [-0.3, -0.25) is 9.78 Å². The first-order valence-electron chi connectivity index (χ1n) is 4.81. The number of halogens is 1. The van der Waals surface area contributed by atoms with Crippen LogP contribution in [0.15, 0.2) is 40.4 Å². The Morgan fingerprint density at radius 2 is 2.18 bits per heavy atom. The van der Waals surface area contributed by atoms with E-state index in [0.717, 1.165) is 11.8 Å². The molecule has 2 N–H and O–H groups in total. The zero-order valence-corrected chi connectivity index (χ0v) is 10.3. The van der Waals surface area contributed by atoms with Crippen LogP contribution in [0.5, 0.6) is 5.75 Å². The second-order valence-electron chi connectivity index (χ2n) is 3.28. The zero-order valence-electron chi connectivity index (χ0n) is 8.68. The average molecular weight is 269 g/mol. The lowest BCUT2D eigenvalue weighted by atomic mass is 10.2. The second-order valence-corrected chi connectivity index (χ2v) is 4.65. The summed E-state index contributed by atoms with van der Waals surface area (Å²) in [6.45, 7) is 0. The predicted octanol–water partition coefficient (Wildman–Crippen LogP) is 2.42. The summed E-state index contributed by atoms with van der Waals surface area (Å²) in [5.41, 5.74) is 0.427. The highest BCUT2D eigenvalue weighted by molar-refractivity contribution is 7.98. The third kappa shape index (κ3) is 3.01. The minimum Gasteiger partial charge on any atom is -0.502 e. The first kappa shape index (κ1) is 12.0. The van der Waals surface area contributed by atoms with Gasteiger partial charge in [0.1, 0.15) is 0 Å². The van der Waals surface area contributed by atoms with Crippen molar-refractivity contribution < 1.29 is 5.11 Å². The average Bonchev–Trinajstić information content (AvgIpc) is 2.32. The monoisotopic (exact) mass is 268 g/mol. The summed E-state index contributed by atoms with van der Waals surface area (Å²) in [5.74, 6) is 0.222. The van der Waals surface area contributed by atoms with E-state index < -0.39 is 5.56 Å². The number of thioether (sulfide) groups is 1. The first-order chi connectivity index (χ1) is 8.16. The zero-order chi connectivity index (χ0) is 12.3. The fourth-order valence-electron chi connectivity index (χ4n) is 1.21. The number of hydrogen-bond acceptors (Lipinski definition) is 4. The van der Waals surface area contributed by atoms with Crippen molar-refractivity contribution in [3.05, 3.63) is 51.4 Å². The van der Waals surface area contributed by atoms with Crippen LogP contribution in [0, 0.1) is 0 Å². The van der Waals surface area contributed by atoms with E-state index in [4.69, 9.17) is 16.7 Å². The van der Waals surface area contributed by atoms with E-state index in [2.05, 4.69) is 9.97 Å². The molecule has 0 bridgehead atoms. The maximum atomic E-state index is 11.1. The molecule has 0 radical (unpaired) electrons. The van der Waals surface area contributed by atoms with E-state index >= 15 is 0 Å². The molecule has 0 spiro atoms. The van der Waals surface area contributed by atoms with E-state index in [0.29, 0.717) is 15.9 Å². The number of H-pyrrole nitrogens is 1. The van der Waals surface area contributed by atoms with Gasteiger partial charge < -0.3 is 5.11 Å². The number of aromatic amines is 1. The molecule has 0 saturated heterocycles. The molecule has 0 aliphatic heterocycles. The Bertz CT molecular complexity index is 586. The second kappa shape index (κ2) is 5.25. The van der Waals surface area contributed by atoms with Gasteiger partial charge in [-0.25, -0.2) is 4.98 Å². The molecule has 17 heavy (non-hydrogen) atoms. The standard InChI is InChI=1S/C11H9ClN2O2S/c12-8-4-2-1-3-7(8)6-17-11-13-5-9(15)10(16)14-11/h1-5,15H,6H2,(H,13,14,16). The molecule has 88 valence electrons. The molecule has 0 saturated carbocycles. The minimum atomic E-state index is -0.540. The molecule has 2 rings (SSSR count). The lowest BCUT2D eigenvalue weighted by Gasteiger charge is -2.03. The first-order valence-corrected chi connectivity index (χ1v) is 6.17. The molecule has 1 aromatic heterocycles. The molecule has 0 unspecified atom stereocenters. The molecule has 0 aliphatic carbocycles. The number of aromatic nitrogens is 2. The van der Waals surface area contributed by atoms with Crippen LogP contribution in [0.1, 0.15) is 5.56 Å². The third-order valence-electron chi connectivity index (χ3n) is 2.08. The van der Waals surface area contributed by atoms with Crippen LogP contribution in [0.4, 0.5) is 0 Å². The Morgan fingerprint density at radius 3 is 2.88 bits per heavy atom.